The van der Waals surface area contributed by atoms with Crippen molar-refractivity contribution in [1.29, 1.82) is 0 Å². The molecule has 0 aliphatic rings. The van der Waals surface area contributed by atoms with Gasteiger partial charge >= 0.3 is 0 Å². The van der Waals surface area contributed by atoms with Gasteiger partial charge < -0.3 is 0 Å². The molecule has 0 heteroatoms. The zero-order valence-electron chi connectivity index (χ0n) is 9.94. The highest BCUT2D eigenvalue weighted by Crippen LogP contribution is 2.37. The molecule has 0 aliphatic carbocycles. The average Bonchev–Trinajstić information content (AvgIpc) is 1.85. The second kappa shape index (κ2) is 4.30. The highest BCUT2D eigenvalue weighted by Gasteiger charge is 2.29. The highest BCUT2D eigenvalue weighted by atomic mass is 14.3. The van der Waals surface area contributed by atoms with Crippen LogP contribution < -0.4 is 0 Å². The molecule has 2 atom stereocenters. The van der Waals surface area contributed by atoms with Crippen LogP contribution in [0.2, 0.25) is 0 Å². The van der Waals surface area contributed by atoms with Crippen molar-refractivity contribution in [3.05, 3.63) is 0 Å². The van der Waals surface area contributed by atoms with Gasteiger partial charge in [-0.1, -0.05) is 54.9 Å². The van der Waals surface area contributed by atoms with Gasteiger partial charge in [-0.25, -0.2) is 0 Å². The Morgan fingerprint density at radius 1 is 1.00 bits per heavy atom. The number of hydrogen-bond donors (Lipinski definition) is 0. The van der Waals surface area contributed by atoms with Crippen LogP contribution in [0.4, 0.5) is 0 Å². The maximum atomic E-state index is 2.39. The summed E-state index contributed by atoms with van der Waals surface area (Å²) in [4.78, 5) is 0. The lowest BCUT2D eigenvalue weighted by Gasteiger charge is -2.36. The fraction of sp³-hybridized carbons (Fsp3) is 1.00. The third-order valence-electron chi connectivity index (χ3n) is 3.24. The van der Waals surface area contributed by atoms with Crippen molar-refractivity contribution >= 4 is 0 Å². The minimum atomic E-state index is 0.471. The molecule has 0 aromatic rings. The lowest BCUT2D eigenvalue weighted by atomic mass is 9.69. The Bertz CT molecular complexity index is 116. The van der Waals surface area contributed by atoms with Gasteiger partial charge in [-0.05, 0) is 23.2 Å². The van der Waals surface area contributed by atoms with Gasteiger partial charge in [0.15, 0.2) is 0 Å². The first kappa shape index (κ1) is 12.0. The first-order valence-electron chi connectivity index (χ1n) is 5.30. The molecule has 0 saturated carbocycles. The summed E-state index contributed by atoms with van der Waals surface area (Å²) in [6.45, 7) is 16.5. The summed E-state index contributed by atoms with van der Waals surface area (Å²) in [7, 11) is 0. The van der Waals surface area contributed by atoms with Gasteiger partial charge in [0, 0.05) is 0 Å². The molecular formula is C12H26. The Morgan fingerprint density at radius 2 is 1.42 bits per heavy atom. The molecule has 0 saturated heterocycles. The quantitative estimate of drug-likeness (QED) is 0.590. The van der Waals surface area contributed by atoms with Crippen LogP contribution in [0.25, 0.3) is 0 Å². The molecule has 0 aliphatic heterocycles. The summed E-state index contributed by atoms with van der Waals surface area (Å²) in [5.74, 6) is 2.52. The van der Waals surface area contributed by atoms with Crippen molar-refractivity contribution < 1.29 is 0 Å². The van der Waals surface area contributed by atoms with Crippen LogP contribution in [0.5, 0.6) is 0 Å². The fourth-order valence-electron chi connectivity index (χ4n) is 2.24. The summed E-state index contributed by atoms with van der Waals surface area (Å²) in [5.41, 5.74) is 0.471. The molecule has 0 N–H and O–H groups in total. The molecule has 2 unspecified atom stereocenters. The zero-order chi connectivity index (χ0) is 9.94. The molecule has 0 spiro atoms. The Labute approximate surface area is 78.8 Å². The van der Waals surface area contributed by atoms with E-state index in [1.54, 1.807) is 0 Å². The van der Waals surface area contributed by atoms with E-state index >= 15 is 0 Å². The second-order valence-electron chi connectivity index (χ2n) is 5.48. The van der Waals surface area contributed by atoms with E-state index in [9.17, 15) is 0 Å². The number of hydrogen-bond acceptors (Lipinski definition) is 0. The van der Waals surface area contributed by atoms with E-state index in [-0.39, 0.29) is 0 Å². The van der Waals surface area contributed by atoms with E-state index < -0.39 is 0 Å². The van der Waals surface area contributed by atoms with Gasteiger partial charge in [-0.3, -0.25) is 0 Å². The monoisotopic (exact) mass is 170 g/mol. The van der Waals surface area contributed by atoms with Crippen LogP contribution in [-0.2, 0) is 0 Å². The third-order valence-corrected chi connectivity index (χ3v) is 3.24. The fourth-order valence-corrected chi connectivity index (χ4v) is 2.24. The van der Waals surface area contributed by atoms with Gasteiger partial charge in [-0.2, -0.15) is 0 Å². The van der Waals surface area contributed by atoms with Crippen molar-refractivity contribution in [3.8, 4) is 0 Å². The maximum absolute atomic E-state index is 2.39. The van der Waals surface area contributed by atoms with E-state index in [2.05, 4.69) is 48.5 Å². The topological polar surface area (TPSA) is 0 Å². The van der Waals surface area contributed by atoms with Crippen LogP contribution >= 0.6 is 0 Å². The Morgan fingerprint density at radius 3 is 1.50 bits per heavy atom. The lowest BCUT2D eigenvalue weighted by molar-refractivity contribution is 0.129. The second-order valence-corrected chi connectivity index (χ2v) is 5.48. The van der Waals surface area contributed by atoms with E-state index in [0.29, 0.717) is 5.41 Å². The number of rotatable bonds is 3. The molecule has 0 amide bonds. The molecule has 0 bridgehead atoms. The molecule has 0 heterocycles. The molecule has 0 rings (SSSR count). The predicted octanol–water partition coefficient (Wildman–Crippen LogP) is 4.35. The summed E-state index contributed by atoms with van der Waals surface area (Å²) < 4.78 is 0. The Hall–Kier alpha value is 0. The Kier molecular flexibility index (Phi) is 4.30. The SMILES string of the molecule is CCC(C(C)C(C)C)C(C)(C)C. The van der Waals surface area contributed by atoms with Gasteiger partial charge in [0.05, 0.1) is 0 Å². The molecule has 0 nitrogen and oxygen atoms in total. The lowest BCUT2D eigenvalue weighted by Crippen LogP contribution is -2.28. The smallest absolute Gasteiger partial charge is 0.0340 e. The van der Waals surface area contributed by atoms with Crippen molar-refractivity contribution in [2.45, 2.75) is 54.9 Å². The summed E-state index contributed by atoms with van der Waals surface area (Å²) in [6, 6.07) is 0. The van der Waals surface area contributed by atoms with Crippen molar-refractivity contribution in [2.24, 2.45) is 23.2 Å². The standard InChI is InChI=1S/C12H26/c1-8-11(12(5,6)7)10(4)9(2)3/h9-11H,8H2,1-7H3. The zero-order valence-corrected chi connectivity index (χ0v) is 9.94. The van der Waals surface area contributed by atoms with Crippen LogP contribution in [0, 0.1) is 23.2 Å². The first-order chi connectivity index (χ1) is 5.30. The largest absolute Gasteiger partial charge is 0.0651 e. The molecule has 0 aromatic carbocycles. The highest BCUT2D eigenvalue weighted by molar-refractivity contribution is 4.78. The molecule has 0 fully saturated rings. The predicted molar refractivity (Wildman–Crippen MR) is 57.2 cm³/mol. The van der Waals surface area contributed by atoms with Gasteiger partial charge in [0.2, 0.25) is 0 Å². The molecular weight excluding hydrogens is 144 g/mol. The van der Waals surface area contributed by atoms with E-state index in [0.717, 1.165) is 17.8 Å². The summed E-state index contributed by atoms with van der Waals surface area (Å²) >= 11 is 0. The van der Waals surface area contributed by atoms with E-state index in [1.807, 2.05) is 0 Å². The van der Waals surface area contributed by atoms with Crippen LogP contribution in [-0.4, -0.2) is 0 Å². The van der Waals surface area contributed by atoms with Crippen LogP contribution in [0.1, 0.15) is 54.9 Å². The maximum Gasteiger partial charge on any atom is -0.0340 e. The minimum Gasteiger partial charge on any atom is -0.0651 e. The van der Waals surface area contributed by atoms with Crippen molar-refractivity contribution in [1.82, 2.24) is 0 Å². The minimum absolute atomic E-state index is 0.471. The summed E-state index contributed by atoms with van der Waals surface area (Å²) in [5, 5.41) is 0. The molecule has 0 aromatic heterocycles. The third kappa shape index (κ3) is 3.16. The molecule has 12 heavy (non-hydrogen) atoms. The van der Waals surface area contributed by atoms with Crippen LogP contribution in [0.3, 0.4) is 0 Å². The van der Waals surface area contributed by atoms with Gasteiger partial charge in [0.1, 0.15) is 0 Å². The van der Waals surface area contributed by atoms with Gasteiger partial charge in [0.25, 0.3) is 0 Å². The van der Waals surface area contributed by atoms with E-state index in [4.69, 9.17) is 0 Å². The first-order valence-corrected chi connectivity index (χ1v) is 5.30. The van der Waals surface area contributed by atoms with Crippen molar-refractivity contribution in [3.63, 3.8) is 0 Å². The molecule has 74 valence electrons. The molecule has 0 radical (unpaired) electrons. The van der Waals surface area contributed by atoms with Crippen molar-refractivity contribution in [2.75, 3.05) is 0 Å². The normalized spacial score (nSPS) is 18.0. The van der Waals surface area contributed by atoms with Crippen LogP contribution in [0.15, 0.2) is 0 Å². The van der Waals surface area contributed by atoms with Gasteiger partial charge in [-0.15, -0.1) is 0 Å². The van der Waals surface area contributed by atoms with E-state index in [1.165, 1.54) is 6.42 Å². The Balaban J connectivity index is 4.35. The average molecular weight is 170 g/mol. The summed E-state index contributed by atoms with van der Waals surface area (Å²) in [6.07, 6.45) is 1.31.